The van der Waals surface area contributed by atoms with Gasteiger partial charge in [0.15, 0.2) is 0 Å². The molecule has 3 aromatic rings. The van der Waals surface area contributed by atoms with E-state index in [1.54, 1.807) is 12.1 Å². The molecule has 1 heterocycles. The summed E-state index contributed by atoms with van der Waals surface area (Å²) in [6.07, 6.45) is -0.941. The maximum absolute atomic E-state index is 10.2. The summed E-state index contributed by atoms with van der Waals surface area (Å²) in [6, 6.07) is 15.7. The Hall–Kier alpha value is -2.93. The number of nitrogens with zero attached hydrogens (tertiary/aromatic N) is 2. The van der Waals surface area contributed by atoms with Crippen LogP contribution < -0.4 is 10.1 Å². The van der Waals surface area contributed by atoms with Crippen molar-refractivity contribution in [1.82, 2.24) is 9.88 Å². The molecular formula is C24H29N3O5. The Bertz CT molecular complexity index is 1110. The second kappa shape index (κ2) is 10.1. The first-order valence-corrected chi connectivity index (χ1v) is 10.4. The number of hydrogen-bond acceptors (Lipinski definition) is 7. The number of para-hydroxylation sites is 1. The summed E-state index contributed by atoms with van der Waals surface area (Å²) in [4.78, 5) is 0. The van der Waals surface area contributed by atoms with E-state index in [-0.39, 0.29) is 13.2 Å². The van der Waals surface area contributed by atoms with Gasteiger partial charge in [-0.1, -0.05) is 18.2 Å². The molecule has 1 atom stereocenters. The molecule has 3 rings (SSSR count). The lowest BCUT2D eigenvalue weighted by atomic mass is 10.0. The topological polar surface area (TPSA) is 131 Å². The molecular weight excluding hydrogens is 410 g/mol. The zero-order valence-electron chi connectivity index (χ0n) is 18.2. The van der Waals surface area contributed by atoms with Crippen LogP contribution in [0, 0.1) is 25.2 Å². The van der Waals surface area contributed by atoms with E-state index in [0.29, 0.717) is 11.3 Å². The summed E-state index contributed by atoms with van der Waals surface area (Å²) in [5, 5.41) is 51.5. The molecule has 8 heteroatoms. The van der Waals surface area contributed by atoms with Gasteiger partial charge in [0, 0.05) is 23.3 Å². The molecule has 0 aliphatic rings. The van der Waals surface area contributed by atoms with Gasteiger partial charge in [0.05, 0.1) is 36.4 Å². The van der Waals surface area contributed by atoms with Gasteiger partial charge in [-0.2, -0.15) is 5.26 Å². The Morgan fingerprint density at radius 1 is 1.09 bits per heavy atom. The summed E-state index contributed by atoms with van der Waals surface area (Å²) >= 11 is 0. The van der Waals surface area contributed by atoms with Gasteiger partial charge >= 0.3 is 0 Å². The maximum atomic E-state index is 10.2. The van der Waals surface area contributed by atoms with Gasteiger partial charge in [-0.15, -0.1) is 0 Å². The number of fused-ring (bicyclic) bond motifs is 1. The highest BCUT2D eigenvalue weighted by Crippen LogP contribution is 2.32. The number of nitrogens with one attached hydrogen (secondary N) is 1. The first-order chi connectivity index (χ1) is 15.4. The lowest BCUT2D eigenvalue weighted by Gasteiger charge is -2.29. The number of aliphatic hydroxyl groups is 4. The lowest BCUT2D eigenvalue weighted by Crippen LogP contribution is -2.57. The van der Waals surface area contributed by atoms with Gasteiger partial charge < -0.3 is 35.0 Å². The van der Waals surface area contributed by atoms with Crippen molar-refractivity contribution in [2.24, 2.45) is 0 Å². The van der Waals surface area contributed by atoms with Crippen LogP contribution >= 0.6 is 0 Å². The fourth-order valence-electron chi connectivity index (χ4n) is 3.66. The molecule has 1 unspecified atom stereocenters. The Morgan fingerprint density at radius 2 is 1.78 bits per heavy atom. The van der Waals surface area contributed by atoms with Crippen molar-refractivity contribution in [2.45, 2.75) is 25.5 Å². The van der Waals surface area contributed by atoms with E-state index in [0.717, 1.165) is 27.8 Å². The van der Waals surface area contributed by atoms with Gasteiger partial charge in [-0.25, -0.2) is 0 Å². The van der Waals surface area contributed by atoms with Crippen molar-refractivity contribution in [2.75, 3.05) is 33.0 Å². The number of aliphatic hydroxyl groups excluding tert-OH is 4. The second-order valence-electron chi connectivity index (χ2n) is 7.97. The molecule has 8 nitrogen and oxygen atoms in total. The molecule has 1 aromatic heterocycles. The lowest BCUT2D eigenvalue weighted by molar-refractivity contribution is 0.0261. The first kappa shape index (κ1) is 23.7. The molecule has 0 radical (unpaired) electrons. The normalized spacial score (nSPS) is 12.7. The predicted octanol–water partition coefficient (Wildman–Crippen LogP) is 1.16. The number of hydrogen-bond donors (Lipinski definition) is 5. The molecule has 0 saturated heterocycles. The predicted molar refractivity (Wildman–Crippen MR) is 121 cm³/mol. The molecule has 32 heavy (non-hydrogen) atoms. The van der Waals surface area contributed by atoms with Crippen LogP contribution in [-0.2, 0) is 0 Å². The fraction of sp³-hybridized carbons (Fsp3) is 0.375. The van der Waals surface area contributed by atoms with E-state index in [2.05, 4.69) is 16.0 Å². The SMILES string of the molecule is Cc1ccccc1-n1c(C)c(C#N)c2cc(OCC(O)CNC(CO)(CO)CO)ccc21. The second-order valence-corrected chi connectivity index (χ2v) is 7.97. The van der Waals surface area contributed by atoms with E-state index in [1.165, 1.54) is 0 Å². The summed E-state index contributed by atoms with van der Waals surface area (Å²) < 4.78 is 7.78. The van der Waals surface area contributed by atoms with Gasteiger partial charge in [0.2, 0.25) is 0 Å². The van der Waals surface area contributed by atoms with E-state index >= 15 is 0 Å². The molecule has 0 amide bonds. The number of aromatic nitrogens is 1. The van der Waals surface area contributed by atoms with Crippen LogP contribution in [-0.4, -0.2) is 69.6 Å². The molecule has 5 N–H and O–H groups in total. The van der Waals surface area contributed by atoms with Crippen LogP contribution in [0.2, 0.25) is 0 Å². The van der Waals surface area contributed by atoms with E-state index < -0.39 is 31.5 Å². The minimum absolute atomic E-state index is 0.0101. The summed E-state index contributed by atoms with van der Waals surface area (Å²) in [5.74, 6) is 0.507. The minimum Gasteiger partial charge on any atom is -0.491 e. The quantitative estimate of drug-likeness (QED) is 0.320. The van der Waals surface area contributed by atoms with Gasteiger partial charge in [-0.3, -0.25) is 0 Å². The van der Waals surface area contributed by atoms with E-state index in [4.69, 9.17) is 4.74 Å². The van der Waals surface area contributed by atoms with Gasteiger partial charge in [0.1, 0.15) is 24.5 Å². The summed E-state index contributed by atoms with van der Waals surface area (Å²) in [6.45, 7) is 2.48. The van der Waals surface area contributed by atoms with Crippen molar-refractivity contribution in [3.05, 3.63) is 59.3 Å². The fourth-order valence-corrected chi connectivity index (χ4v) is 3.66. The van der Waals surface area contributed by atoms with Crippen molar-refractivity contribution >= 4 is 10.9 Å². The zero-order chi connectivity index (χ0) is 23.3. The average molecular weight is 440 g/mol. The largest absolute Gasteiger partial charge is 0.491 e. The Kier molecular flexibility index (Phi) is 7.51. The highest BCUT2D eigenvalue weighted by atomic mass is 16.5. The zero-order valence-corrected chi connectivity index (χ0v) is 18.2. The van der Waals surface area contributed by atoms with Gasteiger partial charge in [-0.05, 0) is 43.7 Å². The minimum atomic E-state index is -1.27. The number of benzene rings is 2. The van der Waals surface area contributed by atoms with Crippen LogP contribution in [0.25, 0.3) is 16.6 Å². The molecule has 0 saturated carbocycles. The molecule has 0 bridgehead atoms. The Morgan fingerprint density at radius 3 is 2.41 bits per heavy atom. The van der Waals surface area contributed by atoms with E-state index in [9.17, 15) is 25.7 Å². The third kappa shape index (κ3) is 4.63. The van der Waals surface area contributed by atoms with Crippen molar-refractivity contribution in [1.29, 1.82) is 5.26 Å². The van der Waals surface area contributed by atoms with Crippen LogP contribution in [0.1, 0.15) is 16.8 Å². The number of rotatable bonds is 10. The van der Waals surface area contributed by atoms with Gasteiger partial charge in [0.25, 0.3) is 0 Å². The molecule has 0 aliphatic carbocycles. The van der Waals surface area contributed by atoms with Crippen molar-refractivity contribution < 1.29 is 25.2 Å². The average Bonchev–Trinajstić information content (AvgIpc) is 3.09. The Labute approximate surface area is 186 Å². The number of β-amino-alcohol motifs (C(OH)–C–C–N with tert-alkyl or cyclic N) is 1. The molecule has 0 spiro atoms. The molecule has 170 valence electrons. The highest BCUT2D eigenvalue weighted by molar-refractivity contribution is 5.91. The van der Waals surface area contributed by atoms with Crippen LogP contribution in [0.3, 0.4) is 0 Å². The number of aryl methyl sites for hydroxylation is 1. The third-order valence-electron chi connectivity index (χ3n) is 5.71. The summed E-state index contributed by atoms with van der Waals surface area (Å²) in [7, 11) is 0. The first-order valence-electron chi connectivity index (χ1n) is 10.4. The third-order valence-corrected chi connectivity index (χ3v) is 5.71. The number of ether oxygens (including phenoxy) is 1. The maximum Gasteiger partial charge on any atom is 0.120 e. The van der Waals surface area contributed by atoms with Crippen LogP contribution in [0.5, 0.6) is 5.75 Å². The molecule has 0 fully saturated rings. The monoisotopic (exact) mass is 439 g/mol. The standard InChI is InChI=1S/C24H29N3O5/c1-16-5-3-4-6-22(16)27-17(2)21(10-25)20-9-19(7-8-23(20)27)32-12-18(31)11-26-24(13-28,14-29)15-30/h3-9,18,26,28-31H,11-15H2,1-2H3. The van der Waals surface area contributed by atoms with Crippen LogP contribution in [0.4, 0.5) is 0 Å². The summed E-state index contributed by atoms with van der Waals surface area (Å²) in [5.41, 5.74) is 3.13. The molecule has 2 aromatic carbocycles. The van der Waals surface area contributed by atoms with Crippen LogP contribution in [0.15, 0.2) is 42.5 Å². The number of nitriles is 1. The molecule has 0 aliphatic heterocycles. The van der Waals surface area contributed by atoms with E-state index in [1.807, 2.05) is 44.2 Å². The smallest absolute Gasteiger partial charge is 0.120 e. The van der Waals surface area contributed by atoms with Crippen molar-refractivity contribution in [3.63, 3.8) is 0 Å². The van der Waals surface area contributed by atoms with Crippen molar-refractivity contribution in [3.8, 4) is 17.5 Å². The Balaban J connectivity index is 1.80. The highest BCUT2D eigenvalue weighted by Gasteiger charge is 2.28.